The number of aromatic amines is 1. The van der Waals surface area contributed by atoms with Gasteiger partial charge in [-0.2, -0.15) is 0 Å². The molecule has 0 saturated carbocycles. The van der Waals surface area contributed by atoms with Crippen LogP contribution >= 0.6 is 0 Å². The number of fused-ring (bicyclic) bond motifs is 1. The number of rotatable bonds is 2. The van der Waals surface area contributed by atoms with Gasteiger partial charge in [0.05, 0.1) is 5.56 Å². The second-order valence-electron chi connectivity index (χ2n) is 4.39. The molecule has 0 atom stereocenters. The summed E-state index contributed by atoms with van der Waals surface area (Å²) in [5.74, 6) is -0.918. The summed E-state index contributed by atoms with van der Waals surface area (Å²) >= 11 is 0. The standard InChI is InChI=1S/C15H12N2O2/c16-11-5-6-12-13(8-17-14(12)7-11)9-1-3-10(4-2-9)15(18)19/h1-8,17H,16H2,(H,18,19). The highest BCUT2D eigenvalue weighted by atomic mass is 16.4. The van der Waals surface area contributed by atoms with Crippen LogP contribution < -0.4 is 5.73 Å². The fourth-order valence-corrected chi connectivity index (χ4v) is 2.18. The third-order valence-corrected chi connectivity index (χ3v) is 3.15. The van der Waals surface area contributed by atoms with Crippen LogP contribution in [0.25, 0.3) is 22.0 Å². The van der Waals surface area contributed by atoms with Crippen LogP contribution in [0.15, 0.2) is 48.7 Å². The van der Waals surface area contributed by atoms with Crippen molar-refractivity contribution in [1.82, 2.24) is 4.98 Å². The Balaban J connectivity index is 2.11. The van der Waals surface area contributed by atoms with Crippen molar-refractivity contribution in [1.29, 1.82) is 0 Å². The van der Waals surface area contributed by atoms with E-state index in [1.165, 1.54) is 0 Å². The minimum atomic E-state index is -0.918. The second-order valence-corrected chi connectivity index (χ2v) is 4.39. The second kappa shape index (κ2) is 4.17. The molecule has 0 amide bonds. The first-order valence-electron chi connectivity index (χ1n) is 5.85. The van der Waals surface area contributed by atoms with Gasteiger partial charge in [-0.3, -0.25) is 0 Å². The van der Waals surface area contributed by atoms with Crippen molar-refractivity contribution >= 4 is 22.6 Å². The number of H-pyrrole nitrogens is 1. The Hall–Kier alpha value is -2.75. The monoisotopic (exact) mass is 252 g/mol. The maximum absolute atomic E-state index is 10.8. The van der Waals surface area contributed by atoms with E-state index in [0.717, 1.165) is 22.0 Å². The largest absolute Gasteiger partial charge is 0.478 e. The molecule has 1 heterocycles. The number of nitrogens with two attached hydrogens (primary N) is 1. The average molecular weight is 252 g/mol. The van der Waals surface area contributed by atoms with Gasteiger partial charge in [0, 0.05) is 28.4 Å². The molecule has 0 fully saturated rings. The van der Waals surface area contributed by atoms with Gasteiger partial charge in [-0.1, -0.05) is 18.2 Å². The van der Waals surface area contributed by atoms with Gasteiger partial charge >= 0.3 is 5.97 Å². The summed E-state index contributed by atoms with van der Waals surface area (Å²) in [6.07, 6.45) is 1.90. The van der Waals surface area contributed by atoms with Crippen LogP contribution in [0, 0.1) is 0 Å². The van der Waals surface area contributed by atoms with E-state index in [4.69, 9.17) is 10.8 Å². The van der Waals surface area contributed by atoms with Crippen molar-refractivity contribution in [3.8, 4) is 11.1 Å². The first-order valence-corrected chi connectivity index (χ1v) is 5.85. The van der Waals surface area contributed by atoms with Gasteiger partial charge in [0.15, 0.2) is 0 Å². The van der Waals surface area contributed by atoms with Gasteiger partial charge in [-0.15, -0.1) is 0 Å². The molecule has 3 aromatic rings. The summed E-state index contributed by atoms with van der Waals surface area (Å²) in [6.45, 7) is 0. The molecule has 1 aromatic heterocycles. The van der Waals surface area contributed by atoms with Crippen LogP contribution in [-0.2, 0) is 0 Å². The van der Waals surface area contributed by atoms with Crippen molar-refractivity contribution in [2.75, 3.05) is 5.73 Å². The summed E-state index contributed by atoms with van der Waals surface area (Å²) < 4.78 is 0. The molecule has 0 unspecified atom stereocenters. The third kappa shape index (κ3) is 1.93. The number of carboxylic acids is 1. The number of hydrogen-bond acceptors (Lipinski definition) is 2. The fraction of sp³-hybridized carbons (Fsp3) is 0. The van der Waals surface area contributed by atoms with Gasteiger partial charge < -0.3 is 15.8 Å². The molecule has 4 heteroatoms. The maximum Gasteiger partial charge on any atom is 0.335 e. The highest BCUT2D eigenvalue weighted by Crippen LogP contribution is 2.29. The number of anilines is 1. The lowest BCUT2D eigenvalue weighted by Gasteiger charge is -2.01. The van der Waals surface area contributed by atoms with Crippen molar-refractivity contribution in [2.24, 2.45) is 0 Å². The normalized spacial score (nSPS) is 10.7. The third-order valence-electron chi connectivity index (χ3n) is 3.15. The SMILES string of the molecule is Nc1ccc2c(-c3ccc(C(=O)O)cc3)c[nH]c2c1. The molecule has 3 rings (SSSR count). The molecule has 4 N–H and O–H groups in total. The summed E-state index contributed by atoms with van der Waals surface area (Å²) in [7, 11) is 0. The maximum atomic E-state index is 10.8. The van der Waals surface area contributed by atoms with E-state index in [-0.39, 0.29) is 5.56 Å². The van der Waals surface area contributed by atoms with E-state index in [0.29, 0.717) is 5.69 Å². The molecule has 94 valence electrons. The molecule has 0 aliphatic rings. The molecule has 0 bridgehead atoms. The van der Waals surface area contributed by atoms with Crippen molar-refractivity contribution in [3.63, 3.8) is 0 Å². The molecule has 0 saturated heterocycles. The number of benzene rings is 2. The highest BCUT2D eigenvalue weighted by Gasteiger charge is 2.07. The molecule has 0 radical (unpaired) electrons. The fourth-order valence-electron chi connectivity index (χ4n) is 2.18. The van der Waals surface area contributed by atoms with Crippen molar-refractivity contribution in [2.45, 2.75) is 0 Å². The predicted octanol–water partition coefficient (Wildman–Crippen LogP) is 3.12. The Bertz CT molecular complexity index is 757. The Morgan fingerprint density at radius 1 is 1.11 bits per heavy atom. The van der Waals surface area contributed by atoms with Gasteiger partial charge in [0.25, 0.3) is 0 Å². The van der Waals surface area contributed by atoms with Crippen molar-refractivity contribution < 1.29 is 9.90 Å². The number of aromatic carboxylic acids is 1. The van der Waals surface area contributed by atoms with Crippen LogP contribution in [0.1, 0.15) is 10.4 Å². The Morgan fingerprint density at radius 3 is 2.53 bits per heavy atom. The van der Waals surface area contributed by atoms with Crippen LogP contribution in [0.5, 0.6) is 0 Å². The first kappa shape index (κ1) is 11.3. The Morgan fingerprint density at radius 2 is 1.84 bits per heavy atom. The lowest BCUT2D eigenvalue weighted by molar-refractivity contribution is 0.0697. The zero-order valence-electron chi connectivity index (χ0n) is 10.1. The van der Waals surface area contributed by atoms with Crippen LogP contribution in [0.2, 0.25) is 0 Å². The summed E-state index contributed by atoms with van der Waals surface area (Å²) in [4.78, 5) is 14.0. The molecule has 19 heavy (non-hydrogen) atoms. The lowest BCUT2D eigenvalue weighted by atomic mass is 10.0. The van der Waals surface area contributed by atoms with Gasteiger partial charge in [-0.25, -0.2) is 4.79 Å². The number of nitrogen functional groups attached to an aromatic ring is 1. The molecular weight excluding hydrogens is 240 g/mol. The van der Waals surface area contributed by atoms with E-state index in [1.54, 1.807) is 12.1 Å². The number of carboxylic acid groups (broad SMARTS) is 1. The van der Waals surface area contributed by atoms with Crippen LogP contribution in [0.3, 0.4) is 0 Å². The van der Waals surface area contributed by atoms with Crippen LogP contribution in [0.4, 0.5) is 5.69 Å². The van der Waals surface area contributed by atoms with E-state index in [9.17, 15) is 4.79 Å². The van der Waals surface area contributed by atoms with Gasteiger partial charge in [0.2, 0.25) is 0 Å². The van der Waals surface area contributed by atoms with E-state index in [1.807, 2.05) is 36.5 Å². The summed E-state index contributed by atoms with van der Waals surface area (Å²) in [5.41, 5.74) is 9.71. The Labute approximate surface area is 109 Å². The highest BCUT2D eigenvalue weighted by molar-refractivity contribution is 5.97. The van der Waals surface area contributed by atoms with E-state index < -0.39 is 5.97 Å². The zero-order chi connectivity index (χ0) is 13.4. The summed E-state index contributed by atoms with van der Waals surface area (Å²) in [5, 5.41) is 9.96. The minimum Gasteiger partial charge on any atom is -0.478 e. The molecule has 0 aliphatic heterocycles. The van der Waals surface area contributed by atoms with Gasteiger partial charge in [0.1, 0.15) is 0 Å². The number of aromatic nitrogens is 1. The zero-order valence-corrected chi connectivity index (χ0v) is 10.1. The van der Waals surface area contributed by atoms with Gasteiger partial charge in [-0.05, 0) is 29.8 Å². The first-order chi connectivity index (χ1) is 9.15. The Kier molecular flexibility index (Phi) is 2.49. The topological polar surface area (TPSA) is 79.1 Å². The molecule has 4 nitrogen and oxygen atoms in total. The number of carbonyl (C=O) groups is 1. The van der Waals surface area contributed by atoms with E-state index in [2.05, 4.69) is 4.98 Å². The molecule has 0 spiro atoms. The number of nitrogens with one attached hydrogen (secondary N) is 1. The molecular formula is C15H12N2O2. The molecule has 2 aromatic carbocycles. The quantitative estimate of drug-likeness (QED) is 0.613. The lowest BCUT2D eigenvalue weighted by Crippen LogP contribution is -1.94. The molecule has 0 aliphatic carbocycles. The number of hydrogen-bond donors (Lipinski definition) is 3. The summed E-state index contributed by atoms with van der Waals surface area (Å²) in [6, 6.07) is 12.5. The minimum absolute atomic E-state index is 0.285. The average Bonchev–Trinajstić information content (AvgIpc) is 2.81. The predicted molar refractivity (Wildman–Crippen MR) is 75.1 cm³/mol. The smallest absolute Gasteiger partial charge is 0.335 e. The van der Waals surface area contributed by atoms with E-state index >= 15 is 0 Å². The van der Waals surface area contributed by atoms with Crippen LogP contribution in [-0.4, -0.2) is 16.1 Å². The van der Waals surface area contributed by atoms with Crippen molar-refractivity contribution in [3.05, 3.63) is 54.2 Å².